The fourth-order valence-electron chi connectivity index (χ4n) is 2.75. The lowest BCUT2D eigenvalue weighted by molar-refractivity contribution is 0.102. The van der Waals surface area contributed by atoms with Crippen molar-refractivity contribution in [2.24, 2.45) is 0 Å². The number of aryl methyl sites for hydroxylation is 1. The van der Waals surface area contributed by atoms with Crippen LogP contribution < -0.4 is 20.1 Å². The summed E-state index contributed by atoms with van der Waals surface area (Å²) >= 11 is 0. The van der Waals surface area contributed by atoms with Crippen molar-refractivity contribution >= 4 is 23.4 Å². The molecule has 0 saturated carbocycles. The van der Waals surface area contributed by atoms with Gasteiger partial charge in [0.05, 0.1) is 11.3 Å². The van der Waals surface area contributed by atoms with Crippen LogP contribution in [0.4, 0.5) is 16.2 Å². The number of carbonyl (C=O) groups excluding carboxylic acids is 2. The second kappa shape index (κ2) is 6.84. The molecule has 27 heavy (non-hydrogen) atoms. The summed E-state index contributed by atoms with van der Waals surface area (Å²) in [6.07, 6.45) is -0.644. The van der Waals surface area contributed by atoms with Crippen LogP contribution in [-0.4, -0.2) is 12.0 Å². The molecule has 0 radical (unpaired) electrons. The predicted molar refractivity (Wildman–Crippen MR) is 102 cm³/mol. The molecule has 6 heteroatoms. The Morgan fingerprint density at radius 3 is 2.59 bits per heavy atom. The standard InChI is InChI=1S/C21H16N2O4/c1-13-7-9-19-17(11-13)23-20(24)16-12-14(8-10-18(16)27-19)22-21(25)26-15-5-3-2-4-6-15/h2-12H,1H3,(H,22,25)(H,23,24). The Labute approximate surface area is 155 Å². The zero-order valence-corrected chi connectivity index (χ0v) is 14.5. The summed E-state index contributed by atoms with van der Waals surface area (Å²) in [5.74, 6) is 1.10. The van der Waals surface area contributed by atoms with Gasteiger partial charge in [-0.15, -0.1) is 0 Å². The van der Waals surface area contributed by atoms with Crippen LogP contribution in [0.25, 0.3) is 0 Å². The number of amides is 2. The topological polar surface area (TPSA) is 76.7 Å². The Morgan fingerprint density at radius 2 is 1.78 bits per heavy atom. The third kappa shape index (κ3) is 3.59. The molecular weight excluding hydrogens is 344 g/mol. The van der Waals surface area contributed by atoms with Gasteiger partial charge >= 0.3 is 6.09 Å². The van der Waals surface area contributed by atoms with Gasteiger partial charge < -0.3 is 14.8 Å². The van der Waals surface area contributed by atoms with E-state index in [9.17, 15) is 9.59 Å². The minimum atomic E-state index is -0.644. The number of hydrogen-bond donors (Lipinski definition) is 2. The van der Waals surface area contributed by atoms with Gasteiger partial charge in [-0.05, 0) is 55.0 Å². The number of para-hydroxylation sites is 1. The number of carbonyl (C=O) groups is 2. The molecule has 0 unspecified atom stereocenters. The Morgan fingerprint density at radius 1 is 1.00 bits per heavy atom. The van der Waals surface area contributed by atoms with E-state index in [0.717, 1.165) is 5.56 Å². The monoisotopic (exact) mass is 360 g/mol. The summed E-state index contributed by atoms with van der Waals surface area (Å²) in [5, 5.41) is 5.45. The Hall–Kier alpha value is -3.80. The molecule has 1 aliphatic heterocycles. The molecule has 3 aromatic carbocycles. The molecule has 2 amide bonds. The van der Waals surface area contributed by atoms with E-state index in [1.165, 1.54) is 0 Å². The van der Waals surface area contributed by atoms with E-state index in [2.05, 4.69) is 10.6 Å². The normalized spacial score (nSPS) is 12.0. The van der Waals surface area contributed by atoms with E-state index in [-0.39, 0.29) is 5.91 Å². The van der Waals surface area contributed by atoms with Crippen LogP contribution in [0.5, 0.6) is 17.2 Å². The lowest BCUT2D eigenvalue weighted by Crippen LogP contribution is -2.17. The molecule has 0 saturated heterocycles. The third-order valence-corrected chi connectivity index (χ3v) is 4.03. The smallest absolute Gasteiger partial charge is 0.417 e. The van der Waals surface area contributed by atoms with Gasteiger partial charge in [-0.25, -0.2) is 4.79 Å². The van der Waals surface area contributed by atoms with Gasteiger partial charge in [0.2, 0.25) is 0 Å². The van der Waals surface area contributed by atoms with Crippen molar-refractivity contribution in [3.05, 3.63) is 77.9 Å². The number of fused-ring (bicyclic) bond motifs is 2. The lowest BCUT2D eigenvalue weighted by Gasteiger charge is -2.10. The first-order valence-electron chi connectivity index (χ1n) is 8.36. The highest BCUT2D eigenvalue weighted by Gasteiger charge is 2.21. The van der Waals surface area contributed by atoms with Crippen LogP contribution in [0.2, 0.25) is 0 Å². The molecule has 0 atom stereocenters. The van der Waals surface area contributed by atoms with E-state index in [4.69, 9.17) is 9.47 Å². The Kier molecular flexibility index (Phi) is 4.22. The molecule has 0 aromatic heterocycles. The number of nitrogens with one attached hydrogen (secondary N) is 2. The van der Waals surface area contributed by atoms with Crippen molar-refractivity contribution in [2.75, 3.05) is 10.6 Å². The molecule has 0 bridgehead atoms. The highest BCUT2D eigenvalue weighted by atomic mass is 16.6. The van der Waals surface area contributed by atoms with Gasteiger partial charge in [-0.3, -0.25) is 10.1 Å². The maximum Gasteiger partial charge on any atom is 0.417 e. The van der Waals surface area contributed by atoms with Crippen LogP contribution in [0, 0.1) is 6.92 Å². The van der Waals surface area contributed by atoms with E-state index >= 15 is 0 Å². The van der Waals surface area contributed by atoms with Crippen molar-refractivity contribution in [2.45, 2.75) is 6.92 Å². The third-order valence-electron chi connectivity index (χ3n) is 4.03. The summed E-state index contributed by atoms with van der Waals surface area (Å²) in [5.41, 5.74) is 2.36. The van der Waals surface area contributed by atoms with Crippen molar-refractivity contribution in [1.82, 2.24) is 0 Å². The van der Waals surface area contributed by atoms with Crippen LogP contribution in [-0.2, 0) is 0 Å². The maximum atomic E-state index is 12.6. The summed E-state index contributed by atoms with van der Waals surface area (Å²) in [7, 11) is 0. The molecule has 3 aromatic rings. The number of ether oxygens (including phenoxy) is 2. The van der Waals surface area contributed by atoms with Gasteiger partial charge in [-0.2, -0.15) is 0 Å². The second-order valence-electron chi connectivity index (χ2n) is 6.09. The highest BCUT2D eigenvalue weighted by molar-refractivity contribution is 6.08. The van der Waals surface area contributed by atoms with Gasteiger partial charge in [0.15, 0.2) is 5.75 Å². The minimum absolute atomic E-state index is 0.311. The van der Waals surface area contributed by atoms with Crippen molar-refractivity contribution in [3.8, 4) is 17.2 Å². The van der Waals surface area contributed by atoms with E-state index in [1.54, 1.807) is 42.5 Å². The second-order valence-corrected chi connectivity index (χ2v) is 6.09. The van der Waals surface area contributed by atoms with Gasteiger partial charge in [-0.1, -0.05) is 24.3 Å². The number of anilines is 2. The van der Waals surface area contributed by atoms with E-state index in [1.807, 2.05) is 31.2 Å². The van der Waals surface area contributed by atoms with Crippen molar-refractivity contribution in [3.63, 3.8) is 0 Å². The number of hydrogen-bond acceptors (Lipinski definition) is 4. The Bertz CT molecular complexity index is 1030. The molecule has 2 N–H and O–H groups in total. The zero-order chi connectivity index (χ0) is 18.8. The average Bonchev–Trinajstić information content (AvgIpc) is 2.78. The molecular formula is C21H16N2O4. The quantitative estimate of drug-likeness (QED) is 0.677. The van der Waals surface area contributed by atoms with Crippen LogP contribution in [0.1, 0.15) is 15.9 Å². The van der Waals surface area contributed by atoms with Gasteiger partial charge in [0.1, 0.15) is 11.5 Å². The average molecular weight is 360 g/mol. The first-order chi connectivity index (χ1) is 13.1. The molecule has 1 heterocycles. The molecule has 134 valence electrons. The summed E-state index contributed by atoms with van der Waals surface area (Å²) in [6.45, 7) is 1.94. The van der Waals surface area contributed by atoms with Crippen LogP contribution in [0.15, 0.2) is 66.7 Å². The van der Waals surface area contributed by atoms with Crippen molar-refractivity contribution in [1.29, 1.82) is 0 Å². The maximum absolute atomic E-state index is 12.6. The fourth-order valence-corrected chi connectivity index (χ4v) is 2.75. The summed E-state index contributed by atoms with van der Waals surface area (Å²) in [6, 6.07) is 19.1. The van der Waals surface area contributed by atoms with Gasteiger partial charge in [0, 0.05) is 5.69 Å². The van der Waals surface area contributed by atoms with Gasteiger partial charge in [0.25, 0.3) is 5.91 Å². The van der Waals surface area contributed by atoms with Crippen LogP contribution in [0.3, 0.4) is 0 Å². The fraction of sp³-hybridized carbons (Fsp3) is 0.0476. The lowest BCUT2D eigenvalue weighted by atomic mass is 10.1. The van der Waals surface area contributed by atoms with E-state index < -0.39 is 6.09 Å². The van der Waals surface area contributed by atoms with E-state index in [0.29, 0.717) is 34.2 Å². The van der Waals surface area contributed by atoms with Crippen molar-refractivity contribution < 1.29 is 19.1 Å². The predicted octanol–water partition coefficient (Wildman–Crippen LogP) is 4.96. The SMILES string of the molecule is Cc1ccc2c(c1)NC(=O)c1cc(NC(=O)Oc3ccccc3)ccc1O2. The first kappa shape index (κ1) is 16.7. The molecule has 0 fully saturated rings. The molecule has 4 rings (SSSR count). The molecule has 6 nitrogen and oxygen atoms in total. The number of benzene rings is 3. The number of rotatable bonds is 2. The first-order valence-corrected chi connectivity index (χ1v) is 8.36. The van der Waals surface area contributed by atoms with Crippen LogP contribution >= 0.6 is 0 Å². The highest BCUT2D eigenvalue weighted by Crippen LogP contribution is 2.37. The molecule has 0 spiro atoms. The largest absolute Gasteiger partial charge is 0.454 e. The molecule has 0 aliphatic carbocycles. The Balaban J connectivity index is 1.55. The molecule has 1 aliphatic rings. The zero-order valence-electron chi connectivity index (χ0n) is 14.5. The summed E-state index contributed by atoms with van der Waals surface area (Å²) < 4.78 is 11.1. The summed E-state index contributed by atoms with van der Waals surface area (Å²) in [4.78, 5) is 24.6. The minimum Gasteiger partial charge on any atom is -0.454 e.